The summed E-state index contributed by atoms with van der Waals surface area (Å²) in [5.74, 6) is 4.60. The number of likely N-dealkylation sites (N-methyl/N-ethyl adjacent to an activating group) is 1. The standard InChI is InChI=1S/C29H42N2O3/c1-31-9-8-29(23-4-5-25(32-2)26(13-23)33-3)7-6-24(14-27(29)31)30-19-34-18-28-15-20-10-21(16-28)12-22(11-20)17-28/h4-5,13,20-22,27H,6-12,14-19H2,1-3H3/b30-24+/t20?,21?,22?,27-,28?,29-/m0/s1. The Hall–Kier alpha value is -1.59. The Morgan fingerprint density at radius 1 is 0.971 bits per heavy atom. The van der Waals surface area contributed by atoms with E-state index in [1.807, 2.05) is 0 Å². The highest BCUT2D eigenvalue weighted by atomic mass is 16.5. The van der Waals surface area contributed by atoms with E-state index in [1.54, 1.807) is 14.2 Å². The van der Waals surface area contributed by atoms with E-state index >= 15 is 0 Å². The second-order valence-corrected chi connectivity index (χ2v) is 12.3. The summed E-state index contributed by atoms with van der Waals surface area (Å²) in [4.78, 5) is 7.55. The van der Waals surface area contributed by atoms with Gasteiger partial charge in [-0.1, -0.05) is 6.07 Å². The molecule has 1 aromatic rings. The molecule has 5 aliphatic carbocycles. The lowest BCUT2D eigenvalue weighted by atomic mass is 9.50. The lowest BCUT2D eigenvalue weighted by molar-refractivity contribution is -0.0953. The van der Waals surface area contributed by atoms with Crippen LogP contribution < -0.4 is 9.47 Å². The molecule has 5 nitrogen and oxygen atoms in total. The van der Waals surface area contributed by atoms with Crippen molar-refractivity contribution in [1.29, 1.82) is 0 Å². The van der Waals surface area contributed by atoms with E-state index in [0.29, 0.717) is 18.2 Å². The van der Waals surface area contributed by atoms with Gasteiger partial charge >= 0.3 is 0 Å². The maximum absolute atomic E-state index is 6.29. The third-order valence-electron chi connectivity index (χ3n) is 10.3. The number of likely N-dealkylation sites (tertiary alicyclic amines) is 1. The van der Waals surface area contributed by atoms with E-state index < -0.39 is 0 Å². The molecule has 0 unspecified atom stereocenters. The summed E-state index contributed by atoms with van der Waals surface area (Å²) < 4.78 is 17.4. The highest BCUT2D eigenvalue weighted by molar-refractivity contribution is 5.86. The normalized spacial score (nSPS) is 40.0. The molecule has 7 rings (SSSR count). The van der Waals surface area contributed by atoms with Crippen molar-refractivity contribution in [3.05, 3.63) is 23.8 Å². The molecule has 0 radical (unpaired) electrons. The monoisotopic (exact) mass is 466 g/mol. The lowest BCUT2D eigenvalue weighted by Crippen LogP contribution is -2.48. The fraction of sp³-hybridized carbons (Fsp3) is 0.759. The van der Waals surface area contributed by atoms with E-state index in [1.165, 1.54) is 56.2 Å². The number of ether oxygens (including phenoxy) is 3. The topological polar surface area (TPSA) is 43.3 Å². The molecule has 5 heteroatoms. The van der Waals surface area contributed by atoms with Crippen LogP contribution in [-0.4, -0.2) is 57.8 Å². The smallest absolute Gasteiger partial charge is 0.161 e. The number of rotatable bonds is 7. The quantitative estimate of drug-likeness (QED) is 0.501. The summed E-state index contributed by atoms with van der Waals surface area (Å²) in [5, 5.41) is 0. The van der Waals surface area contributed by atoms with E-state index in [2.05, 4.69) is 30.1 Å². The van der Waals surface area contributed by atoms with Gasteiger partial charge in [-0.15, -0.1) is 0 Å². The van der Waals surface area contributed by atoms with Crippen LogP contribution in [-0.2, 0) is 10.2 Å². The van der Waals surface area contributed by atoms with Crippen molar-refractivity contribution in [2.24, 2.45) is 28.2 Å². The van der Waals surface area contributed by atoms with Gasteiger partial charge in [-0.2, -0.15) is 0 Å². The van der Waals surface area contributed by atoms with Gasteiger partial charge in [0.2, 0.25) is 0 Å². The minimum atomic E-state index is 0.174. The number of aliphatic imine (C=N–C) groups is 1. The highest BCUT2D eigenvalue weighted by Crippen LogP contribution is 2.60. The van der Waals surface area contributed by atoms with Crippen LogP contribution in [0, 0.1) is 23.2 Å². The van der Waals surface area contributed by atoms with Crippen LogP contribution in [0.2, 0.25) is 0 Å². The molecule has 0 aromatic heterocycles. The van der Waals surface area contributed by atoms with Crippen LogP contribution in [0.3, 0.4) is 0 Å². The SMILES string of the molecule is COc1ccc([C@@]23CC/C(=N\COCC45CC6CC(CC(C6)C4)C5)C[C@@H]2N(C)CC3)cc1OC. The molecular weight excluding hydrogens is 424 g/mol. The Balaban J connectivity index is 1.11. The Morgan fingerprint density at radius 3 is 2.35 bits per heavy atom. The Morgan fingerprint density at radius 2 is 1.68 bits per heavy atom. The zero-order valence-corrected chi connectivity index (χ0v) is 21.4. The van der Waals surface area contributed by atoms with Crippen LogP contribution in [0.4, 0.5) is 0 Å². The largest absolute Gasteiger partial charge is 0.493 e. The minimum absolute atomic E-state index is 0.174. The van der Waals surface area contributed by atoms with E-state index in [0.717, 1.165) is 61.7 Å². The summed E-state index contributed by atoms with van der Waals surface area (Å²) in [6.45, 7) is 2.62. The fourth-order valence-electron chi connectivity index (χ4n) is 9.09. The molecule has 2 atom stereocenters. The second-order valence-electron chi connectivity index (χ2n) is 12.3. The van der Waals surface area contributed by atoms with Crippen molar-refractivity contribution in [3.8, 4) is 11.5 Å². The van der Waals surface area contributed by atoms with E-state index in [-0.39, 0.29) is 5.41 Å². The van der Waals surface area contributed by atoms with Gasteiger partial charge in [-0.25, -0.2) is 0 Å². The number of methoxy groups -OCH3 is 2. The number of hydrogen-bond acceptors (Lipinski definition) is 5. The van der Waals surface area contributed by atoms with Gasteiger partial charge in [0.15, 0.2) is 11.5 Å². The highest BCUT2D eigenvalue weighted by Gasteiger charge is 2.51. The molecule has 6 aliphatic rings. The maximum atomic E-state index is 6.29. The molecule has 0 amide bonds. The Labute approximate surface area is 205 Å². The molecule has 0 N–H and O–H groups in total. The first-order chi connectivity index (χ1) is 16.5. The number of nitrogens with zero attached hydrogens (tertiary/aromatic N) is 2. The minimum Gasteiger partial charge on any atom is -0.493 e. The third-order valence-corrected chi connectivity index (χ3v) is 10.3. The molecule has 34 heavy (non-hydrogen) atoms. The van der Waals surface area contributed by atoms with Crippen molar-refractivity contribution < 1.29 is 14.2 Å². The van der Waals surface area contributed by atoms with Gasteiger partial charge in [0.1, 0.15) is 6.73 Å². The number of benzene rings is 1. The van der Waals surface area contributed by atoms with Crippen LogP contribution in [0.5, 0.6) is 11.5 Å². The molecule has 1 saturated heterocycles. The average Bonchev–Trinajstić information content (AvgIpc) is 3.17. The van der Waals surface area contributed by atoms with Gasteiger partial charge < -0.3 is 19.1 Å². The van der Waals surface area contributed by atoms with Gasteiger partial charge in [0, 0.05) is 23.6 Å². The lowest BCUT2D eigenvalue weighted by Gasteiger charge is -2.56. The van der Waals surface area contributed by atoms with E-state index in [9.17, 15) is 0 Å². The average molecular weight is 467 g/mol. The molecule has 1 heterocycles. The van der Waals surface area contributed by atoms with Gasteiger partial charge in [0.05, 0.1) is 20.8 Å². The molecule has 1 aromatic carbocycles. The fourth-order valence-corrected chi connectivity index (χ4v) is 9.09. The summed E-state index contributed by atoms with van der Waals surface area (Å²) in [7, 11) is 5.71. The molecular formula is C29H42N2O3. The van der Waals surface area contributed by atoms with Crippen molar-refractivity contribution in [1.82, 2.24) is 4.90 Å². The van der Waals surface area contributed by atoms with Crippen LogP contribution >= 0.6 is 0 Å². The Kier molecular flexibility index (Phi) is 5.92. The first-order valence-electron chi connectivity index (χ1n) is 13.6. The summed E-state index contributed by atoms with van der Waals surface area (Å²) >= 11 is 0. The maximum Gasteiger partial charge on any atom is 0.161 e. The third kappa shape index (κ3) is 3.87. The van der Waals surface area contributed by atoms with Gasteiger partial charge in [-0.05, 0) is 112 Å². The van der Waals surface area contributed by atoms with Crippen molar-refractivity contribution in [2.45, 2.75) is 75.7 Å². The second kappa shape index (κ2) is 8.81. The molecule has 1 aliphatic heterocycles. The summed E-state index contributed by atoms with van der Waals surface area (Å²) in [6, 6.07) is 7.02. The number of fused-ring (bicyclic) bond motifs is 1. The van der Waals surface area contributed by atoms with E-state index in [4.69, 9.17) is 19.2 Å². The molecule has 5 saturated carbocycles. The molecule has 186 valence electrons. The predicted molar refractivity (Wildman–Crippen MR) is 135 cm³/mol. The first-order valence-corrected chi connectivity index (χ1v) is 13.6. The zero-order chi connectivity index (χ0) is 23.3. The van der Waals surface area contributed by atoms with Crippen LogP contribution in [0.15, 0.2) is 23.2 Å². The van der Waals surface area contributed by atoms with Crippen LogP contribution in [0.25, 0.3) is 0 Å². The molecule has 6 fully saturated rings. The molecule has 4 bridgehead atoms. The zero-order valence-electron chi connectivity index (χ0n) is 21.4. The number of hydrogen-bond donors (Lipinski definition) is 0. The van der Waals surface area contributed by atoms with Crippen LogP contribution in [0.1, 0.15) is 69.8 Å². The predicted octanol–water partition coefficient (Wildman–Crippen LogP) is 5.46. The van der Waals surface area contributed by atoms with Crippen molar-refractivity contribution >= 4 is 5.71 Å². The molecule has 0 spiro atoms. The Bertz CT molecular complexity index is 908. The summed E-state index contributed by atoms with van der Waals surface area (Å²) in [6.07, 6.45) is 13.2. The van der Waals surface area contributed by atoms with Crippen molar-refractivity contribution in [2.75, 3.05) is 41.1 Å². The van der Waals surface area contributed by atoms with Gasteiger partial charge in [-0.3, -0.25) is 4.99 Å². The van der Waals surface area contributed by atoms with Gasteiger partial charge in [0.25, 0.3) is 0 Å². The summed E-state index contributed by atoms with van der Waals surface area (Å²) in [5.41, 5.74) is 3.39. The first kappa shape index (κ1) is 22.8. The van der Waals surface area contributed by atoms with Crippen molar-refractivity contribution in [3.63, 3.8) is 0 Å².